The summed E-state index contributed by atoms with van der Waals surface area (Å²) in [6.07, 6.45) is 1.36. The maximum Gasteiger partial charge on any atom is 0.227 e. The van der Waals surface area contributed by atoms with Crippen molar-refractivity contribution in [3.63, 3.8) is 0 Å². The van der Waals surface area contributed by atoms with E-state index in [-0.39, 0.29) is 18.4 Å². The monoisotopic (exact) mass is 355 g/mol. The van der Waals surface area contributed by atoms with Gasteiger partial charge in [-0.15, -0.1) is 0 Å². The van der Waals surface area contributed by atoms with Crippen LogP contribution in [-0.4, -0.2) is 35.7 Å². The van der Waals surface area contributed by atoms with Crippen LogP contribution < -0.4 is 10.6 Å². The van der Waals surface area contributed by atoms with Crippen molar-refractivity contribution in [3.8, 4) is 0 Å². The Hall–Kier alpha value is -1.43. The second-order valence-electron chi connectivity index (χ2n) is 5.75. The Balaban J connectivity index is 2.20. The molecule has 2 aromatic rings. The first-order valence-corrected chi connectivity index (χ1v) is 8.45. The van der Waals surface area contributed by atoms with Crippen LogP contribution in [0.25, 0.3) is 10.9 Å². The summed E-state index contributed by atoms with van der Waals surface area (Å²) < 4.78 is 0. The zero-order valence-electron chi connectivity index (χ0n) is 12.8. The van der Waals surface area contributed by atoms with Crippen LogP contribution in [0.5, 0.6) is 0 Å². The fraction of sp³-hybridized carbons (Fsp3) is 0.438. The third-order valence-electron chi connectivity index (χ3n) is 4.24. The summed E-state index contributed by atoms with van der Waals surface area (Å²) in [6.45, 7) is 3.22. The number of carbonyl (C=O) groups is 1. The first-order valence-electron chi connectivity index (χ1n) is 7.69. The lowest BCUT2D eigenvalue weighted by atomic mass is 9.96. The van der Waals surface area contributed by atoms with E-state index < -0.39 is 0 Å². The minimum atomic E-state index is -0.267. The molecule has 1 aromatic carbocycles. The highest BCUT2D eigenvalue weighted by Gasteiger charge is 2.28. The molecule has 2 heterocycles. The van der Waals surface area contributed by atoms with Crippen molar-refractivity contribution >= 4 is 45.7 Å². The number of fused-ring (bicyclic) bond motifs is 3. The summed E-state index contributed by atoms with van der Waals surface area (Å²) in [4.78, 5) is 15.6. The Labute approximate surface area is 144 Å². The van der Waals surface area contributed by atoms with Crippen LogP contribution >= 0.6 is 23.2 Å². The van der Waals surface area contributed by atoms with Gasteiger partial charge in [0.15, 0.2) is 0 Å². The molecule has 0 fully saturated rings. The number of rotatable bonds is 4. The second-order valence-corrected chi connectivity index (χ2v) is 6.54. The van der Waals surface area contributed by atoms with Gasteiger partial charge in [-0.2, -0.15) is 0 Å². The lowest BCUT2D eigenvalue weighted by molar-refractivity contribution is -0.121. The number of aromatic amines is 1. The second kappa shape index (κ2) is 6.59. The van der Waals surface area contributed by atoms with Crippen LogP contribution in [-0.2, 0) is 11.2 Å². The third kappa shape index (κ3) is 2.89. The zero-order valence-corrected chi connectivity index (χ0v) is 14.3. The van der Waals surface area contributed by atoms with Gasteiger partial charge in [0.05, 0.1) is 21.5 Å². The molecule has 1 aliphatic heterocycles. The number of aromatic nitrogens is 1. The lowest BCUT2D eigenvalue weighted by Gasteiger charge is -2.14. The number of aliphatic hydroxyl groups is 1. The van der Waals surface area contributed by atoms with E-state index in [4.69, 9.17) is 28.3 Å². The van der Waals surface area contributed by atoms with Gasteiger partial charge in [-0.05, 0) is 25.0 Å². The Morgan fingerprint density at radius 2 is 2.22 bits per heavy atom. The van der Waals surface area contributed by atoms with E-state index in [2.05, 4.69) is 15.6 Å². The average molecular weight is 356 g/mol. The summed E-state index contributed by atoms with van der Waals surface area (Å²) in [6, 6.07) is 1.78. The van der Waals surface area contributed by atoms with Gasteiger partial charge in [0.1, 0.15) is 0 Å². The summed E-state index contributed by atoms with van der Waals surface area (Å²) in [7, 11) is 0. The molecule has 0 radical (unpaired) electrons. The molecule has 5 nitrogen and oxygen atoms in total. The van der Waals surface area contributed by atoms with Crippen molar-refractivity contribution in [3.05, 3.63) is 27.4 Å². The summed E-state index contributed by atoms with van der Waals surface area (Å²) in [5.41, 5.74) is 3.58. The highest BCUT2D eigenvalue weighted by atomic mass is 35.5. The van der Waals surface area contributed by atoms with E-state index in [1.54, 1.807) is 6.07 Å². The first kappa shape index (κ1) is 16.4. The van der Waals surface area contributed by atoms with Crippen LogP contribution in [0.3, 0.4) is 0 Å². The molecule has 3 rings (SSSR count). The van der Waals surface area contributed by atoms with E-state index in [0.717, 1.165) is 34.3 Å². The highest BCUT2D eigenvalue weighted by Crippen LogP contribution is 2.42. The van der Waals surface area contributed by atoms with Crippen LogP contribution in [0.2, 0.25) is 10.0 Å². The molecule has 7 heteroatoms. The SMILES string of the molecule is C[C@@H]1C(=O)NCCc2[nH]c3c(Cl)c(Cl)cc(NCCCO)c3c21. The molecule has 0 unspecified atom stereocenters. The van der Waals surface area contributed by atoms with Crippen molar-refractivity contribution in [2.24, 2.45) is 0 Å². The molecule has 0 bridgehead atoms. The molecule has 1 aromatic heterocycles. The van der Waals surface area contributed by atoms with Crippen LogP contribution in [0, 0.1) is 0 Å². The lowest BCUT2D eigenvalue weighted by Crippen LogP contribution is -2.26. The Morgan fingerprint density at radius 3 is 2.96 bits per heavy atom. The van der Waals surface area contributed by atoms with Crippen molar-refractivity contribution in [2.75, 3.05) is 25.0 Å². The number of carbonyl (C=O) groups excluding carboxylic acids is 1. The smallest absolute Gasteiger partial charge is 0.227 e. The minimum Gasteiger partial charge on any atom is -0.396 e. The van der Waals surface area contributed by atoms with E-state index >= 15 is 0 Å². The fourth-order valence-corrected chi connectivity index (χ4v) is 3.50. The van der Waals surface area contributed by atoms with Gasteiger partial charge in [0.2, 0.25) is 5.91 Å². The topological polar surface area (TPSA) is 77.2 Å². The quantitative estimate of drug-likeness (QED) is 0.636. The normalized spacial score (nSPS) is 17.7. The van der Waals surface area contributed by atoms with Crippen molar-refractivity contribution in [2.45, 2.75) is 25.7 Å². The van der Waals surface area contributed by atoms with Crippen molar-refractivity contribution < 1.29 is 9.90 Å². The van der Waals surface area contributed by atoms with Gasteiger partial charge in [-0.3, -0.25) is 4.79 Å². The van der Waals surface area contributed by atoms with E-state index in [0.29, 0.717) is 29.6 Å². The predicted octanol–water partition coefficient (Wildman–Crippen LogP) is 3.04. The van der Waals surface area contributed by atoms with Crippen LogP contribution in [0.4, 0.5) is 5.69 Å². The van der Waals surface area contributed by atoms with Gasteiger partial charge in [-0.1, -0.05) is 23.2 Å². The highest BCUT2D eigenvalue weighted by molar-refractivity contribution is 6.45. The van der Waals surface area contributed by atoms with Crippen molar-refractivity contribution in [1.82, 2.24) is 10.3 Å². The molecule has 23 heavy (non-hydrogen) atoms. The Morgan fingerprint density at radius 1 is 1.43 bits per heavy atom. The molecule has 1 aliphatic rings. The third-order valence-corrected chi connectivity index (χ3v) is 5.03. The summed E-state index contributed by atoms with van der Waals surface area (Å²) in [5.74, 6) is -0.256. The Bertz CT molecular complexity index is 758. The summed E-state index contributed by atoms with van der Waals surface area (Å²) in [5, 5.41) is 17.0. The number of benzene rings is 1. The molecule has 0 aliphatic carbocycles. The number of amides is 1. The molecule has 0 spiro atoms. The molecule has 0 saturated heterocycles. The maximum atomic E-state index is 12.2. The fourth-order valence-electron chi connectivity index (χ4n) is 3.10. The number of halogens is 2. The van der Waals surface area contributed by atoms with Crippen LogP contribution in [0.1, 0.15) is 30.5 Å². The molecule has 4 N–H and O–H groups in total. The van der Waals surface area contributed by atoms with Gasteiger partial charge < -0.3 is 20.7 Å². The first-order chi connectivity index (χ1) is 11.0. The van der Waals surface area contributed by atoms with E-state index in [1.165, 1.54) is 0 Å². The summed E-state index contributed by atoms with van der Waals surface area (Å²) >= 11 is 12.6. The number of H-pyrrole nitrogens is 1. The average Bonchev–Trinajstić information content (AvgIpc) is 2.85. The number of hydrogen-bond donors (Lipinski definition) is 4. The van der Waals surface area contributed by atoms with Gasteiger partial charge in [0.25, 0.3) is 0 Å². The zero-order chi connectivity index (χ0) is 16.6. The number of anilines is 1. The van der Waals surface area contributed by atoms with Gasteiger partial charge in [-0.25, -0.2) is 0 Å². The van der Waals surface area contributed by atoms with Gasteiger partial charge >= 0.3 is 0 Å². The number of hydrogen-bond acceptors (Lipinski definition) is 3. The minimum absolute atomic E-state index is 0.0111. The Kier molecular flexibility index (Phi) is 4.71. The standard InChI is InChI=1S/C16H19Cl2N3O2/c1-8-12-10(3-5-20-16(8)23)21-15-13(12)11(19-4-2-6-22)7-9(17)14(15)18/h7-8,19,21-22H,2-6H2,1H3,(H,20,23)/t8-/m0/s1. The van der Waals surface area contributed by atoms with Crippen molar-refractivity contribution in [1.29, 1.82) is 0 Å². The van der Waals surface area contributed by atoms with Crippen LogP contribution in [0.15, 0.2) is 6.07 Å². The number of nitrogens with one attached hydrogen (secondary N) is 3. The molecule has 124 valence electrons. The molecule has 1 atom stereocenters. The van der Waals surface area contributed by atoms with Gasteiger partial charge in [0, 0.05) is 42.9 Å². The molecular formula is C16H19Cl2N3O2. The largest absolute Gasteiger partial charge is 0.396 e. The molecule has 1 amide bonds. The predicted molar refractivity (Wildman–Crippen MR) is 93.6 cm³/mol. The van der Waals surface area contributed by atoms with E-state index in [9.17, 15) is 4.79 Å². The maximum absolute atomic E-state index is 12.2. The number of aliphatic hydroxyl groups excluding tert-OH is 1. The molecule has 0 saturated carbocycles. The van der Waals surface area contributed by atoms with E-state index in [1.807, 2.05) is 6.92 Å². The molecular weight excluding hydrogens is 337 g/mol.